The van der Waals surface area contributed by atoms with Crippen molar-refractivity contribution in [1.29, 1.82) is 0 Å². The zero-order valence-corrected chi connectivity index (χ0v) is 11.2. The molecule has 0 bridgehead atoms. The highest BCUT2D eigenvalue weighted by Gasteiger charge is 2.18. The third-order valence-corrected chi connectivity index (χ3v) is 3.83. The average molecular weight is 269 g/mol. The summed E-state index contributed by atoms with van der Waals surface area (Å²) in [6.07, 6.45) is 2.24. The quantitative estimate of drug-likeness (QED) is 0.820. The molecule has 1 aromatic heterocycles. The van der Waals surface area contributed by atoms with E-state index in [-0.39, 0.29) is 12.5 Å². The number of likely N-dealkylation sites (tertiary alicyclic amines) is 1. The SMILES string of the molecule is O=C(NCCN1CCC[C@@H](CO)C1)c1cscn1. The Morgan fingerprint density at radius 1 is 1.67 bits per heavy atom. The number of thiazole rings is 1. The van der Waals surface area contributed by atoms with E-state index in [1.165, 1.54) is 11.3 Å². The van der Waals surface area contributed by atoms with Crippen LogP contribution in [0.3, 0.4) is 0 Å². The number of nitrogens with zero attached hydrogens (tertiary/aromatic N) is 2. The van der Waals surface area contributed by atoms with Crippen molar-refractivity contribution < 1.29 is 9.90 Å². The van der Waals surface area contributed by atoms with Gasteiger partial charge in [-0.2, -0.15) is 0 Å². The first kappa shape index (κ1) is 13.5. The normalized spacial score (nSPS) is 20.8. The molecular formula is C12H19N3O2S. The summed E-state index contributed by atoms with van der Waals surface area (Å²) in [6.45, 7) is 3.73. The molecule has 2 rings (SSSR count). The lowest BCUT2D eigenvalue weighted by Crippen LogP contribution is -2.41. The second-order valence-corrected chi connectivity index (χ2v) is 5.34. The van der Waals surface area contributed by atoms with Crippen molar-refractivity contribution in [1.82, 2.24) is 15.2 Å². The van der Waals surface area contributed by atoms with Gasteiger partial charge in [-0.25, -0.2) is 4.98 Å². The fourth-order valence-electron chi connectivity index (χ4n) is 2.25. The smallest absolute Gasteiger partial charge is 0.270 e. The van der Waals surface area contributed by atoms with E-state index in [0.29, 0.717) is 18.2 Å². The summed E-state index contributed by atoms with van der Waals surface area (Å²) in [5, 5.41) is 13.8. The first-order valence-corrected chi connectivity index (χ1v) is 7.23. The topological polar surface area (TPSA) is 65.5 Å². The Morgan fingerprint density at radius 3 is 3.28 bits per heavy atom. The molecule has 0 saturated carbocycles. The first-order valence-electron chi connectivity index (χ1n) is 6.29. The molecule has 1 saturated heterocycles. The molecule has 0 radical (unpaired) electrons. The molecular weight excluding hydrogens is 250 g/mol. The third kappa shape index (κ3) is 3.76. The predicted molar refractivity (Wildman–Crippen MR) is 70.7 cm³/mol. The predicted octanol–water partition coefficient (Wildman–Crippen LogP) is 0.577. The number of carbonyl (C=O) groups is 1. The fourth-order valence-corrected chi connectivity index (χ4v) is 2.78. The van der Waals surface area contributed by atoms with Gasteiger partial charge in [-0.15, -0.1) is 11.3 Å². The molecule has 0 aromatic carbocycles. The zero-order valence-electron chi connectivity index (χ0n) is 10.3. The maximum Gasteiger partial charge on any atom is 0.270 e. The number of rotatable bonds is 5. The van der Waals surface area contributed by atoms with Crippen molar-refractivity contribution in [3.8, 4) is 0 Å². The lowest BCUT2D eigenvalue weighted by atomic mass is 9.99. The third-order valence-electron chi connectivity index (χ3n) is 3.24. The second-order valence-electron chi connectivity index (χ2n) is 4.62. The van der Waals surface area contributed by atoms with Crippen molar-refractivity contribution in [3.63, 3.8) is 0 Å². The van der Waals surface area contributed by atoms with Crippen molar-refractivity contribution in [2.45, 2.75) is 12.8 Å². The number of hydrogen-bond donors (Lipinski definition) is 2. The van der Waals surface area contributed by atoms with Crippen LogP contribution in [0.25, 0.3) is 0 Å². The van der Waals surface area contributed by atoms with E-state index in [2.05, 4.69) is 15.2 Å². The van der Waals surface area contributed by atoms with E-state index in [0.717, 1.165) is 32.5 Å². The summed E-state index contributed by atoms with van der Waals surface area (Å²) in [5.74, 6) is 0.292. The molecule has 0 spiro atoms. The van der Waals surface area contributed by atoms with Gasteiger partial charge in [-0.3, -0.25) is 4.79 Å². The van der Waals surface area contributed by atoms with Gasteiger partial charge < -0.3 is 15.3 Å². The zero-order chi connectivity index (χ0) is 12.8. The minimum Gasteiger partial charge on any atom is -0.396 e. The molecule has 2 heterocycles. The standard InChI is InChI=1S/C12H19N3O2S/c16-7-10-2-1-4-15(6-10)5-3-13-12(17)11-8-18-9-14-11/h8-10,16H,1-7H2,(H,13,17)/t10-/m1/s1. The van der Waals surface area contributed by atoms with Gasteiger partial charge in [0.05, 0.1) is 5.51 Å². The Balaban J connectivity index is 1.67. The lowest BCUT2D eigenvalue weighted by molar-refractivity contribution is 0.0926. The van der Waals surface area contributed by atoms with Gasteiger partial charge >= 0.3 is 0 Å². The van der Waals surface area contributed by atoms with Crippen LogP contribution in [-0.2, 0) is 0 Å². The Morgan fingerprint density at radius 2 is 2.56 bits per heavy atom. The number of hydrogen-bond acceptors (Lipinski definition) is 5. The Kier molecular flexibility index (Phi) is 5.10. The van der Waals surface area contributed by atoms with Crippen LogP contribution in [0.4, 0.5) is 0 Å². The van der Waals surface area contributed by atoms with Gasteiger partial charge in [-0.1, -0.05) is 0 Å². The monoisotopic (exact) mass is 269 g/mol. The Bertz CT molecular complexity index is 369. The van der Waals surface area contributed by atoms with Crippen LogP contribution in [0.1, 0.15) is 23.3 Å². The molecule has 1 aromatic rings. The Labute approximate surface area is 111 Å². The maximum absolute atomic E-state index is 11.6. The van der Waals surface area contributed by atoms with Gasteiger partial charge in [0, 0.05) is 31.6 Å². The molecule has 1 atom stereocenters. The highest BCUT2D eigenvalue weighted by atomic mass is 32.1. The number of aliphatic hydroxyl groups excluding tert-OH is 1. The molecule has 1 fully saturated rings. The number of nitrogens with one attached hydrogen (secondary N) is 1. The van der Waals surface area contributed by atoms with Crippen LogP contribution < -0.4 is 5.32 Å². The summed E-state index contributed by atoms with van der Waals surface area (Å²) < 4.78 is 0. The molecule has 18 heavy (non-hydrogen) atoms. The minimum absolute atomic E-state index is 0.105. The summed E-state index contributed by atoms with van der Waals surface area (Å²) >= 11 is 1.42. The van der Waals surface area contributed by atoms with Crippen LogP contribution >= 0.6 is 11.3 Å². The summed E-state index contributed by atoms with van der Waals surface area (Å²) in [5.41, 5.74) is 2.15. The van der Waals surface area contributed by atoms with Crippen LogP contribution in [0.2, 0.25) is 0 Å². The second kappa shape index (κ2) is 6.82. The minimum atomic E-state index is -0.105. The molecule has 0 unspecified atom stereocenters. The van der Waals surface area contributed by atoms with Crippen molar-refractivity contribution in [2.75, 3.05) is 32.8 Å². The highest BCUT2D eigenvalue weighted by Crippen LogP contribution is 2.14. The van der Waals surface area contributed by atoms with E-state index < -0.39 is 0 Å². The molecule has 5 nitrogen and oxygen atoms in total. The van der Waals surface area contributed by atoms with Crippen LogP contribution in [0.15, 0.2) is 10.9 Å². The molecule has 2 N–H and O–H groups in total. The van der Waals surface area contributed by atoms with Gasteiger partial charge in [0.1, 0.15) is 5.69 Å². The van der Waals surface area contributed by atoms with Crippen molar-refractivity contribution in [3.05, 3.63) is 16.6 Å². The van der Waals surface area contributed by atoms with Crippen LogP contribution in [0, 0.1) is 5.92 Å². The Hall–Kier alpha value is -0.980. The highest BCUT2D eigenvalue weighted by molar-refractivity contribution is 7.07. The van der Waals surface area contributed by atoms with Gasteiger partial charge in [0.15, 0.2) is 0 Å². The molecule has 1 aliphatic rings. The van der Waals surface area contributed by atoms with E-state index in [4.69, 9.17) is 5.11 Å². The number of piperidine rings is 1. The van der Waals surface area contributed by atoms with E-state index in [1.807, 2.05) is 0 Å². The number of amides is 1. The van der Waals surface area contributed by atoms with Gasteiger partial charge in [-0.05, 0) is 25.3 Å². The molecule has 100 valence electrons. The van der Waals surface area contributed by atoms with E-state index in [9.17, 15) is 4.79 Å². The summed E-state index contributed by atoms with van der Waals surface area (Å²) in [6, 6.07) is 0. The average Bonchev–Trinajstić information content (AvgIpc) is 2.93. The van der Waals surface area contributed by atoms with Crippen molar-refractivity contribution >= 4 is 17.2 Å². The molecule has 0 aliphatic carbocycles. The van der Waals surface area contributed by atoms with Crippen LogP contribution in [0.5, 0.6) is 0 Å². The maximum atomic E-state index is 11.6. The lowest BCUT2D eigenvalue weighted by Gasteiger charge is -2.31. The number of aliphatic hydroxyl groups is 1. The summed E-state index contributed by atoms with van der Waals surface area (Å²) in [4.78, 5) is 17.9. The molecule has 1 aliphatic heterocycles. The van der Waals surface area contributed by atoms with E-state index in [1.54, 1.807) is 10.9 Å². The first-order chi connectivity index (χ1) is 8.79. The van der Waals surface area contributed by atoms with Crippen molar-refractivity contribution in [2.24, 2.45) is 5.92 Å². The number of carbonyl (C=O) groups excluding carboxylic acids is 1. The largest absolute Gasteiger partial charge is 0.396 e. The molecule has 1 amide bonds. The summed E-state index contributed by atoms with van der Waals surface area (Å²) in [7, 11) is 0. The molecule has 6 heteroatoms. The number of aromatic nitrogens is 1. The fraction of sp³-hybridized carbons (Fsp3) is 0.667. The van der Waals surface area contributed by atoms with Crippen LogP contribution in [-0.4, -0.2) is 53.7 Å². The van der Waals surface area contributed by atoms with E-state index >= 15 is 0 Å². The van der Waals surface area contributed by atoms with Gasteiger partial charge in [0.25, 0.3) is 5.91 Å². The van der Waals surface area contributed by atoms with Gasteiger partial charge in [0.2, 0.25) is 0 Å².